The van der Waals surface area contributed by atoms with Crippen molar-refractivity contribution in [3.05, 3.63) is 0 Å². The Balaban J connectivity index is 0.000000382. The van der Waals surface area contributed by atoms with Gasteiger partial charge in [0.2, 0.25) is 6.41 Å². The van der Waals surface area contributed by atoms with E-state index in [9.17, 15) is 14.4 Å². The molecule has 1 heterocycles. The van der Waals surface area contributed by atoms with E-state index in [1.54, 1.807) is 25.7 Å². The van der Waals surface area contributed by atoms with Crippen LogP contribution in [0.2, 0.25) is 0 Å². The zero-order chi connectivity index (χ0) is 16.4. The minimum absolute atomic E-state index is 0.0139. The summed E-state index contributed by atoms with van der Waals surface area (Å²) in [5.41, 5.74) is 0. The van der Waals surface area contributed by atoms with Crippen LogP contribution in [0.15, 0.2) is 0 Å². The molecule has 21 heavy (non-hydrogen) atoms. The minimum Gasteiger partial charge on any atom is -0.480 e. The first-order valence-electron chi connectivity index (χ1n) is 6.96. The standard InChI is InChI=1S/C8H11NO.C7H13NO3/c1-2-5-8(10)9-6-3-4-7-9;1-5(2)6(7(10)11)8(3)4-9/h3-4,6-7H2,1H3;4-6H,1-3H3,(H,10,11). The first-order chi connectivity index (χ1) is 9.84. The van der Waals surface area contributed by atoms with Crippen molar-refractivity contribution in [1.82, 2.24) is 9.80 Å². The first-order valence-corrected chi connectivity index (χ1v) is 6.96. The van der Waals surface area contributed by atoms with Gasteiger partial charge in [-0.2, -0.15) is 0 Å². The molecule has 0 spiro atoms. The van der Waals surface area contributed by atoms with E-state index in [1.165, 1.54) is 7.05 Å². The van der Waals surface area contributed by atoms with Crippen molar-refractivity contribution in [1.29, 1.82) is 0 Å². The Hall–Kier alpha value is -2.03. The number of carboxylic acids is 1. The molecule has 6 nitrogen and oxygen atoms in total. The van der Waals surface area contributed by atoms with Gasteiger partial charge in [-0.05, 0) is 31.6 Å². The topological polar surface area (TPSA) is 77.9 Å². The van der Waals surface area contributed by atoms with Crippen LogP contribution in [-0.4, -0.2) is 59.4 Å². The first kappa shape index (κ1) is 19.0. The summed E-state index contributed by atoms with van der Waals surface area (Å²) in [5, 5.41) is 8.64. The number of amides is 2. The van der Waals surface area contributed by atoms with Crippen LogP contribution in [0.4, 0.5) is 0 Å². The molecule has 1 unspecified atom stereocenters. The number of nitrogens with zero attached hydrogens (tertiary/aromatic N) is 2. The van der Waals surface area contributed by atoms with E-state index >= 15 is 0 Å². The number of rotatable bonds is 4. The molecule has 1 aliphatic heterocycles. The lowest BCUT2D eigenvalue weighted by atomic mass is 10.0. The van der Waals surface area contributed by atoms with Crippen molar-refractivity contribution in [2.45, 2.75) is 39.7 Å². The molecule has 1 aliphatic rings. The van der Waals surface area contributed by atoms with E-state index in [4.69, 9.17) is 5.11 Å². The van der Waals surface area contributed by atoms with E-state index in [2.05, 4.69) is 11.8 Å². The lowest BCUT2D eigenvalue weighted by Crippen LogP contribution is -2.41. The van der Waals surface area contributed by atoms with Gasteiger partial charge in [0.15, 0.2) is 0 Å². The predicted molar refractivity (Wildman–Crippen MR) is 79.4 cm³/mol. The van der Waals surface area contributed by atoms with Gasteiger partial charge >= 0.3 is 5.97 Å². The highest BCUT2D eigenvalue weighted by Crippen LogP contribution is 2.07. The Morgan fingerprint density at radius 2 is 1.81 bits per heavy atom. The molecular formula is C15H24N2O4. The maximum atomic E-state index is 11.0. The Kier molecular flexibility index (Phi) is 8.86. The second-order valence-corrected chi connectivity index (χ2v) is 5.17. The second-order valence-electron chi connectivity index (χ2n) is 5.17. The van der Waals surface area contributed by atoms with Gasteiger partial charge in [0.05, 0.1) is 0 Å². The molecule has 0 radical (unpaired) electrons. The number of hydrogen-bond donors (Lipinski definition) is 1. The molecule has 1 atom stereocenters. The highest BCUT2D eigenvalue weighted by atomic mass is 16.4. The summed E-state index contributed by atoms with van der Waals surface area (Å²) < 4.78 is 0. The van der Waals surface area contributed by atoms with Crippen LogP contribution in [0.25, 0.3) is 0 Å². The van der Waals surface area contributed by atoms with Crippen LogP contribution in [0, 0.1) is 17.8 Å². The van der Waals surface area contributed by atoms with Gasteiger partial charge in [-0.15, -0.1) is 0 Å². The third kappa shape index (κ3) is 6.80. The molecule has 2 amide bonds. The molecule has 1 saturated heterocycles. The monoisotopic (exact) mass is 296 g/mol. The molecule has 0 aromatic rings. The second kappa shape index (κ2) is 9.81. The number of carbonyl (C=O) groups excluding carboxylic acids is 2. The van der Waals surface area contributed by atoms with Crippen LogP contribution in [0.1, 0.15) is 33.6 Å². The van der Waals surface area contributed by atoms with Crippen LogP contribution in [0.3, 0.4) is 0 Å². The molecule has 0 aromatic carbocycles. The number of hydrogen-bond acceptors (Lipinski definition) is 3. The largest absolute Gasteiger partial charge is 0.480 e. The quantitative estimate of drug-likeness (QED) is 0.615. The molecule has 6 heteroatoms. The normalized spacial score (nSPS) is 14.4. The number of likely N-dealkylation sites (tertiary alicyclic amines) is 1. The van der Waals surface area contributed by atoms with Crippen molar-refractivity contribution in [3.63, 3.8) is 0 Å². The third-order valence-electron chi connectivity index (χ3n) is 3.11. The molecule has 0 bridgehead atoms. The van der Waals surface area contributed by atoms with Crippen LogP contribution in [-0.2, 0) is 14.4 Å². The smallest absolute Gasteiger partial charge is 0.326 e. The number of aliphatic carboxylic acids is 1. The van der Waals surface area contributed by atoms with Gasteiger partial charge in [-0.25, -0.2) is 4.79 Å². The maximum Gasteiger partial charge on any atom is 0.326 e. The lowest BCUT2D eigenvalue weighted by molar-refractivity contribution is -0.147. The summed E-state index contributed by atoms with van der Waals surface area (Å²) in [6.07, 6.45) is 2.80. The van der Waals surface area contributed by atoms with E-state index in [1.807, 2.05) is 0 Å². The molecule has 1 fully saturated rings. The zero-order valence-electron chi connectivity index (χ0n) is 13.1. The Labute approximate surface area is 126 Å². The van der Waals surface area contributed by atoms with Gasteiger partial charge in [-0.1, -0.05) is 19.8 Å². The molecule has 0 aliphatic carbocycles. The van der Waals surface area contributed by atoms with E-state index in [-0.39, 0.29) is 11.8 Å². The van der Waals surface area contributed by atoms with Crippen LogP contribution >= 0.6 is 0 Å². The van der Waals surface area contributed by atoms with E-state index in [0.29, 0.717) is 6.41 Å². The summed E-state index contributed by atoms with van der Waals surface area (Å²) in [6, 6.07) is -0.715. The zero-order valence-corrected chi connectivity index (χ0v) is 13.1. The van der Waals surface area contributed by atoms with Gasteiger partial charge in [-0.3, -0.25) is 9.59 Å². The van der Waals surface area contributed by atoms with Gasteiger partial charge in [0.25, 0.3) is 5.91 Å². The molecule has 118 valence electrons. The fourth-order valence-corrected chi connectivity index (χ4v) is 2.10. The van der Waals surface area contributed by atoms with Gasteiger partial charge in [0, 0.05) is 20.1 Å². The molecule has 1 rings (SSSR count). The Morgan fingerprint density at radius 3 is 2.10 bits per heavy atom. The SMILES string of the molecule is CC#CC(=O)N1CCCC1.CC(C)C(C(=O)O)N(C)C=O. The lowest BCUT2D eigenvalue weighted by Gasteiger charge is -2.23. The maximum absolute atomic E-state index is 11.0. The van der Waals surface area contributed by atoms with Crippen molar-refractivity contribution < 1.29 is 19.5 Å². The molecule has 0 aromatic heterocycles. The fourth-order valence-electron chi connectivity index (χ4n) is 2.10. The number of likely N-dealkylation sites (N-methyl/N-ethyl adjacent to an activating group) is 1. The molecule has 1 N–H and O–H groups in total. The number of carbonyl (C=O) groups is 3. The average Bonchev–Trinajstić information content (AvgIpc) is 2.92. The Morgan fingerprint density at radius 1 is 1.29 bits per heavy atom. The van der Waals surface area contributed by atoms with Crippen molar-refractivity contribution in [2.75, 3.05) is 20.1 Å². The summed E-state index contributed by atoms with van der Waals surface area (Å²) in [4.78, 5) is 34.7. The average molecular weight is 296 g/mol. The van der Waals surface area contributed by atoms with E-state index < -0.39 is 12.0 Å². The van der Waals surface area contributed by atoms with Crippen LogP contribution < -0.4 is 0 Å². The Bertz CT molecular complexity index is 417. The summed E-state index contributed by atoms with van der Waals surface area (Å²) in [6.45, 7) is 7.01. The predicted octanol–water partition coefficient (Wildman–Crippen LogP) is 0.816. The van der Waals surface area contributed by atoms with Crippen molar-refractivity contribution in [3.8, 4) is 11.8 Å². The van der Waals surface area contributed by atoms with Crippen molar-refractivity contribution in [2.24, 2.45) is 5.92 Å². The molecule has 0 saturated carbocycles. The summed E-state index contributed by atoms with van der Waals surface area (Å²) >= 11 is 0. The highest BCUT2D eigenvalue weighted by molar-refractivity contribution is 5.93. The van der Waals surface area contributed by atoms with Gasteiger partial charge in [0.1, 0.15) is 6.04 Å². The van der Waals surface area contributed by atoms with Gasteiger partial charge < -0.3 is 14.9 Å². The van der Waals surface area contributed by atoms with Crippen molar-refractivity contribution >= 4 is 18.3 Å². The molecular weight excluding hydrogens is 272 g/mol. The third-order valence-corrected chi connectivity index (χ3v) is 3.11. The number of carboxylic acid groups (broad SMARTS) is 1. The minimum atomic E-state index is -0.963. The highest BCUT2D eigenvalue weighted by Gasteiger charge is 2.24. The fraction of sp³-hybridized carbons (Fsp3) is 0.667. The van der Waals surface area contributed by atoms with E-state index in [0.717, 1.165) is 30.8 Å². The van der Waals surface area contributed by atoms with Crippen LogP contribution in [0.5, 0.6) is 0 Å². The summed E-state index contributed by atoms with van der Waals surface area (Å²) in [5.74, 6) is 4.08. The summed E-state index contributed by atoms with van der Waals surface area (Å²) in [7, 11) is 1.46.